The molecule has 0 bridgehead atoms. The number of carbonyl (C=O) groups excluding carboxylic acids is 1. The predicted molar refractivity (Wildman–Crippen MR) is 166 cm³/mol. The summed E-state index contributed by atoms with van der Waals surface area (Å²) in [6.07, 6.45) is 1.17. The Bertz CT molecular complexity index is 1880. The van der Waals surface area contributed by atoms with Gasteiger partial charge in [-0.05, 0) is 66.8 Å². The first-order chi connectivity index (χ1) is 19.6. The molecule has 3 aromatic heterocycles. The molecule has 0 saturated heterocycles. The second-order valence-corrected chi connectivity index (χ2v) is 11.0. The van der Waals surface area contributed by atoms with Gasteiger partial charge in [0, 0.05) is 43.2 Å². The van der Waals surface area contributed by atoms with Crippen molar-refractivity contribution in [2.75, 3.05) is 0 Å². The number of hydrogen-bond donors (Lipinski definition) is 1. The number of pyridine rings is 1. The zero-order valence-corrected chi connectivity index (χ0v) is 27.0. The van der Waals surface area contributed by atoms with Crippen LogP contribution in [0.15, 0.2) is 93.5 Å². The van der Waals surface area contributed by atoms with Crippen molar-refractivity contribution < 1.29 is 38.8 Å². The first-order valence-electron chi connectivity index (χ1n) is 13.9. The molecule has 0 fully saturated rings. The van der Waals surface area contributed by atoms with Gasteiger partial charge in [-0.15, -0.1) is 18.2 Å². The van der Waals surface area contributed by atoms with Gasteiger partial charge in [0.2, 0.25) is 0 Å². The van der Waals surface area contributed by atoms with E-state index in [2.05, 4.69) is 58.0 Å². The molecule has 6 rings (SSSR count). The standard InChI is InChI=1S/C31H26NO2.C5H8O2.Ir/c1-18(2)20-14-21(19(3)4)16-22(15-20)30-17-27-29(33-30)13-12-26(32-27)25-10-7-9-24-23-8-5-6-11-28(23)34-31(24)25;1-4(6)3-5(2)7;/h5-9,11-19H,1-4H3;3,6H,1-2H3;/q-1;;/b;4-3-;. The van der Waals surface area contributed by atoms with Gasteiger partial charge in [0.05, 0.1) is 16.9 Å². The van der Waals surface area contributed by atoms with Crippen LogP contribution in [0.25, 0.3) is 55.6 Å². The number of fused-ring (bicyclic) bond motifs is 4. The Morgan fingerprint density at radius 2 is 1.55 bits per heavy atom. The Morgan fingerprint density at radius 1 is 0.857 bits per heavy atom. The smallest absolute Gasteiger partial charge is 0.155 e. The molecule has 0 saturated carbocycles. The number of para-hydroxylation sites is 1. The number of furan rings is 2. The van der Waals surface area contributed by atoms with Gasteiger partial charge in [0.25, 0.3) is 0 Å². The summed E-state index contributed by atoms with van der Waals surface area (Å²) in [4.78, 5) is 15.0. The third-order valence-electron chi connectivity index (χ3n) is 6.98. The summed E-state index contributed by atoms with van der Waals surface area (Å²) in [5.41, 5.74) is 8.71. The first-order valence-corrected chi connectivity index (χ1v) is 13.9. The normalized spacial score (nSPS) is 11.7. The number of aromatic nitrogens is 1. The summed E-state index contributed by atoms with van der Waals surface area (Å²) in [5.74, 6) is 1.68. The van der Waals surface area contributed by atoms with E-state index in [-0.39, 0.29) is 31.6 Å². The molecule has 217 valence electrons. The average Bonchev–Trinajstić information content (AvgIpc) is 3.53. The van der Waals surface area contributed by atoms with Gasteiger partial charge in [-0.1, -0.05) is 69.0 Å². The molecule has 0 aliphatic heterocycles. The van der Waals surface area contributed by atoms with Gasteiger partial charge >= 0.3 is 0 Å². The Morgan fingerprint density at radius 3 is 2.17 bits per heavy atom. The number of aliphatic hydroxyl groups excluding tert-OH is 1. The molecule has 1 N–H and O–H groups in total. The molecule has 3 aromatic carbocycles. The minimum Gasteiger partial charge on any atom is -0.512 e. The van der Waals surface area contributed by atoms with E-state index in [1.54, 1.807) is 0 Å². The number of aliphatic hydroxyl groups is 1. The molecule has 0 amide bonds. The van der Waals surface area contributed by atoms with Crippen molar-refractivity contribution in [1.82, 2.24) is 4.98 Å². The molecule has 0 unspecified atom stereocenters. The monoisotopic (exact) mass is 737 g/mol. The van der Waals surface area contributed by atoms with Gasteiger partial charge in [-0.2, -0.15) is 0 Å². The van der Waals surface area contributed by atoms with Crippen LogP contribution in [0.2, 0.25) is 0 Å². The molecular formula is C36H34IrNO4-. The fourth-order valence-electron chi connectivity index (χ4n) is 4.87. The van der Waals surface area contributed by atoms with Crippen molar-refractivity contribution in [2.45, 2.75) is 53.4 Å². The number of hydrogen-bond acceptors (Lipinski definition) is 5. The third-order valence-corrected chi connectivity index (χ3v) is 6.98. The van der Waals surface area contributed by atoms with Crippen molar-refractivity contribution in [3.8, 4) is 22.6 Å². The van der Waals surface area contributed by atoms with E-state index >= 15 is 0 Å². The minimum atomic E-state index is -0.125. The quantitative estimate of drug-likeness (QED) is 0.108. The van der Waals surface area contributed by atoms with Crippen molar-refractivity contribution in [1.29, 1.82) is 0 Å². The molecule has 5 nitrogen and oxygen atoms in total. The zero-order chi connectivity index (χ0) is 29.3. The van der Waals surface area contributed by atoms with Crippen LogP contribution in [0.5, 0.6) is 0 Å². The van der Waals surface area contributed by atoms with Gasteiger partial charge in [-0.3, -0.25) is 9.78 Å². The number of benzene rings is 3. The van der Waals surface area contributed by atoms with Crippen LogP contribution in [0.1, 0.15) is 64.5 Å². The number of rotatable bonds is 5. The molecule has 3 heterocycles. The summed E-state index contributed by atoms with van der Waals surface area (Å²) in [6, 6.07) is 28.2. The van der Waals surface area contributed by atoms with E-state index in [0.717, 1.165) is 55.6 Å². The Kier molecular flexibility index (Phi) is 9.50. The zero-order valence-electron chi connectivity index (χ0n) is 24.6. The second-order valence-electron chi connectivity index (χ2n) is 11.0. The second kappa shape index (κ2) is 12.9. The van der Waals surface area contributed by atoms with Crippen molar-refractivity contribution in [3.63, 3.8) is 0 Å². The van der Waals surface area contributed by atoms with E-state index in [4.69, 9.17) is 18.9 Å². The van der Waals surface area contributed by atoms with Crippen LogP contribution in [-0.2, 0) is 24.9 Å². The van der Waals surface area contributed by atoms with E-state index in [0.29, 0.717) is 11.8 Å². The van der Waals surface area contributed by atoms with Gasteiger partial charge in [-0.25, -0.2) is 0 Å². The van der Waals surface area contributed by atoms with Crippen LogP contribution in [-0.4, -0.2) is 15.9 Å². The van der Waals surface area contributed by atoms with Crippen molar-refractivity contribution in [3.05, 3.63) is 102 Å². The number of nitrogens with zero attached hydrogens (tertiary/aromatic N) is 1. The van der Waals surface area contributed by atoms with Crippen LogP contribution in [0, 0.1) is 6.07 Å². The third kappa shape index (κ3) is 6.56. The van der Waals surface area contributed by atoms with Crippen LogP contribution >= 0.6 is 0 Å². The van der Waals surface area contributed by atoms with Crippen LogP contribution in [0.4, 0.5) is 0 Å². The fourth-order valence-corrected chi connectivity index (χ4v) is 4.87. The molecule has 0 aliphatic rings. The van der Waals surface area contributed by atoms with E-state index in [9.17, 15) is 4.79 Å². The van der Waals surface area contributed by atoms with Crippen LogP contribution in [0.3, 0.4) is 0 Å². The SMILES string of the molecule is CC(=O)/C=C(/C)O.CC(C)c1cc(-c2cc3nc(-c4[c-]ccc5c4oc4ccccc45)ccc3o2)cc(C(C)C)c1.[Ir]. The van der Waals surface area contributed by atoms with E-state index in [1.807, 2.05) is 48.5 Å². The maximum atomic E-state index is 10.0. The van der Waals surface area contributed by atoms with Crippen molar-refractivity contribution in [2.24, 2.45) is 0 Å². The average molecular weight is 737 g/mol. The summed E-state index contributed by atoms with van der Waals surface area (Å²) >= 11 is 0. The van der Waals surface area contributed by atoms with E-state index < -0.39 is 0 Å². The maximum absolute atomic E-state index is 10.0. The Labute approximate surface area is 259 Å². The van der Waals surface area contributed by atoms with Crippen LogP contribution < -0.4 is 0 Å². The molecule has 0 spiro atoms. The first kappa shape index (κ1) is 31.0. The number of allylic oxidation sites excluding steroid dienone is 2. The van der Waals surface area contributed by atoms with Gasteiger partial charge in [0.1, 0.15) is 11.3 Å². The van der Waals surface area contributed by atoms with Crippen molar-refractivity contribution >= 4 is 38.8 Å². The minimum absolute atomic E-state index is 0. The van der Waals surface area contributed by atoms with Gasteiger partial charge in [0.15, 0.2) is 11.4 Å². The molecule has 6 aromatic rings. The predicted octanol–water partition coefficient (Wildman–Crippen LogP) is 10.1. The summed E-state index contributed by atoms with van der Waals surface area (Å²) in [5, 5.41) is 10.5. The fraction of sp³-hybridized carbons (Fsp3) is 0.222. The Balaban J connectivity index is 0.000000454. The molecule has 6 heteroatoms. The summed E-state index contributed by atoms with van der Waals surface area (Å²) in [7, 11) is 0. The number of ketones is 1. The Hall–Kier alpha value is -3.99. The maximum Gasteiger partial charge on any atom is 0.155 e. The molecule has 1 radical (unpaired) electrons. The summed E-state index contributed by atoms with van der Waals surface area (Å²) < 4.78 is 12.5. The van der Waals surface area contributed by atoms with E-state index in [1.165, 1.54) is 31.1 Å². The largest absolute Gasteiger partial charge is 0.512 e. The number of carbonyl (C=O) groups is 1. The summed E-state index contributed by atoms with van der Waals surface area (Å²) in [6.45, 7) is 11.8. The molecule has 0 aliphatic carbocycles. The molecule has 0 atom stereocenters. The topological polar surface area (TPSA) is 76.5 Å². The van der Waals surface area contributed by atoms with Gasteiger partial charge < -0.3 is 13.9 Å². The molecule has 42 heavy (non-hydrogen) atoms. The molecular weight excluding hydrogens is 703 g/mol.